The lowest BCUT2D eigenvalue weighted by atomic mass is 9.62. The van der Waals surface area contributed by atoms with Crippen molar-refractivity contribution in [2.45, 2.75) is 51.0 Å². The van der Waals surface area contributed by atoms with E-state index in [4.69, 9.17) is 9.26 Å². The van der Waals surface area contributed by atoms with Gasteiger partial charge in [0.15, 0.2) is 0 Å². The number of aliphatic hydroxyl groups is 1. The molecule has 10 nitrogen and oxygen atoms in total. The van der Waals surface area contributed by atoms with Crippen molar-refractivity contribution in [3.8, 4) is 11.4 Å². The van der Waals surface area contributed by atoms with Crippen LogP contribution in [0.3, 0.4) is 0 Å². The maximum atomic E-state index is 12.5. The SMILES string of the molecule is COCCS(=O)(=O)N1CCC(c2nc(-c3cncc([C@@](O)(c4ccc(C(C)C)cc4)C4(C)CN(C)C4)c3)no2)CC1. The quantitative estimate of drug-likeness (QED) is 0.382. The lowest BCUT2D eigenvalue weighted by molar-refractivity contribution is -0.127. The van der Waals surface area contributed by atoms with Crippen molar-refractivity contribution >= 4 is 10.0 Å². The first-order chi connectivity index (χ1) is 19.5. The number of likely N-dealkylation sites (tertiary alicyclic amines) is 1. The fraction of sp³-hybridized carbons (Fsp3) is 0.567. The molecule has 0 bridgehead atoms. The summed E-state index contributed by atoms with van der Waals surface area (Å²) in [6, 6.07) is 10.1. The van der Waals surface area contributed by atoms with Gasteiger partial charge in [-0.25, -0.2) is 12.7 Å². The Morgan fingerprint density at radius 1 is 1.15 bits per heavy atom. The van der Waals surface area contributed by atoms with Gasteiger partial charge in [-0.15, -0.1) is 0 Å². The Morgan fingerprint density at radius 2 is 1.83 bits per heavy atom. The Bertz CT molecular complexity index is 1440. The number of hydrogen-bond donors (Lipinski definition) is 1. The average molecular weight is 584 g/mol. The number of sulfonamides is 1. The molecule has 1 N–H and O–H groups in total. The maximum absolute atomic E-state index is 12.5. The standard InChI is InChI=1S/C30H41N5O5S/c1-21(2)22-6-8-25(9-7-22)30(36,29(3)19-34(4)20-29)26-16-24(17-31-18-26)27-32-28(40-33-27)23-10-12-35(13-11-23)41(37,38)15-14-39-5/h6-9,16-18,21,23,36H,10-15,19-20H2,1-5H3/t30-/m0/s1. The summed E-state index contributed by atoms with van der Waals surface area (Å²) >= 11 is 0. The zero-order valence-corrected chi connectivity index (χ0v) is 25.4. The van der Waals surface area contributed by atoms with Crippen LogP contribution in [0.4, 0.5) is 0 Å². The second-order valence-corrected chi connectivity index (χ2v) is 14.2. The highest BCUT2D eigenvalue weighted by atomic mass is 32.2. The molecule has 0 radical (unpaired) electrons. The van der Waals surface area contributed by atoms with E-state index in [0.29, 0.717) is 54.7 Å². The molecule has 2 saturated heterocycles. The molecule has 2 fully saturated rings. The van der Waals surface area contributed by atoms with Gasteiger partial charge >= 0.3 is 0 Å². The molecule has 41 heavy (non-hydrogen) atoms. The Labute approximate surface area is 242 Å². The molecule has 2 aromatic heterocycles. The summed E-state index contributed by atoms with van der Waals surface area (Å²) in [6.45, 7) is 8.90. The first-order valence-corrected chi connectivity index (χ1v) is 15.9. The Morgan fingerprint density at radius 3 is 2.44 bits per heavy atom. The largest absolute Gasteiger partial charge is 0.384 e. The summed E-state index contributed by atoms with van der Waals surface area (Å²) in [4.78, 5) is 11.4. The zero-order chi connectivity index (χ0) is 29.4. The van der Waals surface area contributed by atoms with E-state index in [2.05, 4.69) is 60.0 Å². The monoisotopic (exact) mass is 583 g/mol. The third-order valence-corrected chi connectivity index (χ3v) is 10.5. The van der Waals surface area contributed by atoms with Gasteiger partial charge < -0.3 is 19.3 Å². The summed E-state index contributed by atoms with van der Waals surface area (Å²) in [7, 11) is 0.208. The zero-order valence-electron chi connectivity index (χ0n) is 24.6. The summed E-state index contributed by atoms with van der Waals surface area (Å²) in [5.41, 5.74) is 1.70. The normalized spacial score (nSPS) is 20.2. The van der Waals surface area contributed by atoms with Crippen LogP contribution in [0, 0.1) is 5.41 Å². The van der Waals surface area contributed by atoms with E-state index in [1.165, 1.54) is 17.0 Å². The number of nitrogens with zero attached hydrogens (tertiary/aromatic N) is 5. The maximum Gasteiger partial charge on any atom is 0.230 e. The minimum atomic E-state index is -3.34. The predicted octanol–water partition coefficient (Wildman–Crippen LogP) is 3.60. The fourth-order valence-electron chi connectivity index (χ4n) is 6.32. The lowest BCUT2D eigenvalue weighted by Crippen LogP contribution is -2.63. The van der Waals surface area contributed by atoms with E-state index >= 15 is 0 Å². The minimum absolute atomic E-state index is 0.0221. The molecule has 3 aromatic rings. The Kier molecular flexibility index (Phi) is 8.37. The lowest BCUT2D eigenvalue weighted by Gasteiger charge is -2.55. The third kappa shape index (κ3) is 5.70. The van der Waals surface area contributed by atoms with Gasteiger partial charge in [0.05, 0.1) is 12.4 Å². The van der Waals surface area contributed by atoms with Crippen molar-refractivity contribution in [1.82, 2.24) is 24.3 Å². The van der Waals surface area contributed by atoms with Crippen molar-refractivity contribution < 1.29 is 22.8 Å². The molecule has 1 atom stereocenters. The molecular weight excluding hydrogens is 542 g/mol. The van der Waals surface area contributed by atoms with E-state index in [1.54, 1.807) is 12.4 Å². The van der Waals surface area contributed by atoms with Crippen LogP contribution in [-0.4, -0.2) is 90.6 Å². The van der Waals surface area contributed by atoms with Crippen molar-refractivity contribution in [3.05, 3.63) is 65.3 Å². The van der Waals surface area contributed by atoms with Crippen molar-refractivity contribution in [3.63, 3.8) is 0 Å². The number of hydrogen-bond acceptors (Lipinski definition) is 9. The van der Waals surface area contributed by atoms with Crippen molar-refractivity contribution in [1.29, 1.82) is 0 Å². The molecule has 0 spiro atoms. The van der Waals surface area contributed by atoms with Gasteiger partial charge in [0.25, 0.3) is 0 Å². The van der Waals surface area contributed by atoms with Crippen LogP contribution in [0.2, 0.25) is 0 Å². The second-order valence-electron chi connectivity index (χ2n) is 12.1. The molecule has 0 aliphatic carbocycles. The number of benzene rings is 1. The number of aromatic nitrogens is 3. The van der Waals surface area contributed by atoms with Gasteiger partial charge in [0.2, 0.25) is 21.7 Å². The van der Waals surface area contributed by atoms with Gasteiger partial charge in [0.1, 0.15) is 5.60 Å². The molecule has 1 aromatic carbocycles. The van der Waals surface area contributed by atoms with Crippen LogP contribution in [0.1, 0.15) is 68.0 Å². The molecule has 11 heteroatoms. The van der Waals surface area contributed by atoms with Crippen LogP contribution in [0.15, 0.2) is 47.2 Å². The van der Waals surface area contributed by atoms with E-state index in [-0.39, 0.29) is 18.3 Å². The summed E-state index contributed by atoms with van der Waals surface area (Å²) in [5, 5.41) is 16.8. The number of methoxy groups -OCH3 is 1. The van der Waals surface area contributed by atoms with Crippen molar-refractivity contribution in [2.75, 3.05) is 52.7 Å². The molecule has 0 amide bonds. The van der Waals surface area contributed by atoms with Gasteiger partial charge in [0, 0.05) is 68.1 Å². The van der Waals surface area contributed by atoms with Crippen LogP contribution < -0.4 is 0 Å². The highest BCUT2D eigenvalue weighted by molar-refractivity contribution is 7.89. The van der Waals surface area contributed by atoms with E-state index in [1.807, 2.05) is 18.2 Å². The number of piperidine rings is 1. The smallest absolute Gasteiger partial charge is 0.230 e. The number of pyridine rings is 1. The van der Waals surface area contributed by atoms with E-state index < -0.39 is 21.0 Å². The van der Waals surface area contributed by atoms with Crippen LogP contribution in [0.5, 0.6) is 0 Å². The third-order valence-electron chi connectivity index (χ3n) is 8.70. The van der Waals surface area contributed by atoms with Crippen molar-refractivity contribution in [2.24, 2.45) is 5.41 Å². The average Bonchev–Trinajstić information content (AvgIpc) is 3.46. The first kappa shape index (κ1) is 29.8. The van der Waals surface area contributed by atoms with Gasteiger partial charge in [-0.1, -0.05) is 50.2 Å². The summed E-state index contributed by atoms with van der Waals surface area (Å²) < 4.78 is 37.1. The molecular formula is C30H41N5O5S. The minimum Gasteiger partial charge on any atom is -0.384 e. The summed E-state index contributed by atoms with van der Waals surface area (Å²) in [6.07, 6.45) is 4.61. The molecule has 5 rings (SSSR count). The highest BCUT2D eigenvalue weighted by Crippen LogP contribution is 2.50. The van der Waals surface area contributed by atoms with E-state index in [9.17, 15) is 13.5 Å². The van der Waals surface area contributed by atoms with E-state index in [0.717, 1.165) is 18.7 Å². The molecule has 0 saturated carbocycles. The highest BCUT2D eigenvalue weighted by Gasteiger charge is 2.55. The van der Waals surface area contributed by atoms with Crippen LogP contribution in [0.25, 0.3) is 11.4 Å². The Hall–Kier alpha value is -2.70. The summed E-state index contributed by atoms with van der Waals surface area (Å²) in [5.74, 6) is 1.24. The topological polar surface area (TPSA) is 122 Å². The molecule has 2 aliphatic heterocycles. The van der Waals surface area contributed by atoms with Crippen LogP contribution >= 0.6 is 0 Å². The molecule has 4 heterocycles. The van der Waals surface area contributed by atoms with Gasteiger partial charge in [-0.3, -0.25) is 4.98 Å². The molecule has 2 aliphatic rings. The second kappa shape index (κ2) is 11.5. The van der Waals surface area contributed by atoms with Gasteiger partial charge in [-0.2, -0.15) is 4.98 Å². The first-order valence-electron chi connectivity index (χ1n) is 14.2. The Balaban J connectivity index is 1.39. The fourth-order valence-corrected chi connectivity index (χ4v) is 7.73. The van der Waals surface area contributed by atoms with Crippen LogP contribution in [-0.2, 0) is 20.4 Å². The molecule has 0 unspecified atom stereocenters. The number of rotatable bonds is 10. The number of ether oxygens (including phenoxy) is 1. The predicted molar refractivity (Wildman–Crippen MR) is 156 cm³/mol. The van der Waals surface area contributed by atoms with Gasteiger partial charge in [-0.05, 0) is 43.0 Å². The molecule has 222 valence electrons.